The first-order valence-electron chi connectivity index (χ1n) is 9.03. The lowest BCUT2D eigenvalue weighted by Gasteiger charge is -2.30. The van der Waals surface area contributed by atoms with Gasteiger partial charge in [0.25, 0.3) is 0 Å². The van der Waals surface area contributed by atoms with E-state index in [1.165, 1.54) is 38.5 Å². The molecule has 0 radical (unpaired) electrons. The maximum Gasteiger partial charge on any atom is 0.178 e. The van der Waals surface area contributed by atoms with Crippen molar-refractivity contribution in [2.45, 2.75) is 70.8 Å². The second kappa shape index (κ2) is 5.46. The third-order valence-corrected chi connectivity index (χ3v) is 5.46. The van der Waals surface area contributed by atoms with Crippen LogP contribution in [-0.4, -0.2) is 32.4 Å². The maximum absolute atomic E-state index is 4.92. The van der Waals surface area contributed by atoms with E-state index in [0.717, 1.165) is 29.8 Å². The fourth-order valence-electron chi connectivity index (χ4n) is 4.31. The first-order valence-corrected chi connectivity index (χ1v) is 9.03. The van der Waals surface area contributed by atoms with Crippen LogP contribution in [0.15, 0.2) is 12.1 Å². The van der Waals surface area contributed by atoms with Gasteiger partial charge in [0.1, 0.15) is 5.82 Å². The Balaban J connectivity index is 1.70. The van der Waals surface area contributed by atoms with E-state index in [2.05, 4.69) is 48.0 Å². The fourth-order valence-corrected chi connectivity index (χ4v) is 4.31. The SMILES string of the molecule is CC(C)(C)c1nnc2ccc(N3CCCC3C3CCCC3)nn12. The third-order valence-electron chi connectivity index (χ3n) is 5.46. The van der Waals surface area contributed by atoms with E-state index in [-0.39, 0.29) is 5.41 Å². The number of nitrogens with zero attached hydrogens (tertiary/aromatic N) is 5. The van der Waals surface area contributed by atoms with Crippen molar-refractivity contribution < 1.29 is 0 Å². The van der Waals surface area contributed by atoms with Crippen LogP contribution in [0.1, 0.15) is 65.1 Å². The van der Waals surface area contributed by atoms with Gasteiger partial charge < -0.3 is 4.90 Å². The minimum atomic E-state index is -0.0547. The molecule has 0 aromatic carbocycles. The van der Waals surface area contributed by atoms with E-state index >= 15 is 0 Å². The molecule has 4 rings (SSSR count). The molecular weight excluding hydrogens is 286 g/mol. The van der Waals surface area contributed by atoms with Gasteiger partial charge in [-0.2, -0.15) is 4.52 Å². The smallest absolute Gasteiger partial charge is 0.178 e. The highest BCUT2D eigenvalue weighted by atomic mass is 15.4. The molecule has 2 aliphatic rings. The predicted molar refractivity (Wildman–Crippen MR) is 91.8 cm³/mol. The van der Waals surface area contributed by atoms with Crippen molar-refractivity contribution in [3.63, 3.8) is 0 Å². The maximum atomic E-state index is 4.92. The van der Waals surface area contributed by atoms with Crippen LogP contribution in [0.2, 0.25) is 0 Å². The highest BCUT2D eigenvalue weighted by molar-refractivity contribution is 5.47. The van der Waals surface area contributed by atoms with Crippen LogP contribution < -0.4 is 4.90 Å². The average Bonchev–Trinajstić information content (AvgIpc) is 3.24. The Hall–Kier alpha value is -1.65. The monoisotopic (exact) mass is 313 g/mol. The van der Waals surface area contributed by atoms with Gasteiger partial charge in [0.15, 0.2) is 11.5 Å². The van der Waals surface area contributed by atoms with Gasteiger partial charge in [0.05, 0.1) is 0 Å². The van der Waals surface area contributed by atoms with E-state index in [4.69, 9.17) is 5.10 Å². The Labute approximate surface area is 138 Å². The summed E-state index contributed by atoms with van der Waals surface area (Å²) in [6.07, 6.45) is 8.20. The Morgan fingerprint density at radius 2 is 1.78 bits per heavy atom. The fraction of sp³-hybridized carbons (Fsp3) is 0.722. The minimum Gasteiger partial charge on any atom is -0.352 e. The van der Waals surface area contributed by atoms with E-state index in [0.29, 0.717) is 6.04 Å². The van der Waals surface area contributed by atoms with Crippen molar-refractivity contribution in [1.29, 1.82) is 0 Å². The number of fused-ring (bicyclic) bond motifs is 1. The molecule has 124 valence electrons. The van der Waals surface area contributed by atoms with Crippen LogP contribution in [0.5, 0.6) is 0 Å². The Bertz CT molecular complexity index is 693. The zero-order valence-electron chi connectivity index (χ0n) is 14.5. The predicted octanol–water partition coefficient (Wildman–Crippen LogP) is 3.58. The molecule has 2 aromatic heterocycles. The summed E-state index contributed by atoms with van der Waals surface area (Å²) in [6.45, 7) is 7.62. The standard InChI is InChI=1S/C18H27N5/c1-18(2,3)17-20-19-15-10-11-16(21-23(15)17)22-12-6-9-14(22)13-7-4-5-8-13/h10-11,13-14H,4-9,12H2,1-3H3. The molecule has 1 atom stereocenters. The molecule has 0 N–H and O–H groups in total. The molecule has 5 nitrogen and oxygen atoms in total. The molecule has 1 unspecified atom stereocenters. The average molecular weight is 313 g/mol. The third kappa shape index (κ3) is 2.60. The summed E-state index contributed by atoms with van der Waals surface area (Å²) in [5.41, 5.74) is 0.788. The molecule has 0 bridgehead atoms. The minimum absolute atomic E-state index is 0.0547. The van der Waals surface area contributed by atoms with Crippen molar-refractivity contribution in [1.82, 2.24) is 19.8 Å². The van der Waals surface area contributed by atoms with Crippen molar-refractivity contribution in [2.75, 3.05) is 11.4 Å². The lowest BCUT2D eigenvalue weighted by atomic mass is 9.96. The second-order valence-electron chi connectivity index (χ2n) is 8.18. The van der Waals surface area contributed by atoms with Gasteiger partial charge in [-0.15, -0.1) is 15.3 Å². The van der Waals surface area contributed by atoms with E-state index < -0.39 is 0 Å². The zero-order valence-corrected chi connectivity index (χ0v) is 14.5. The normalized spacial score (nSPS) is 23.3. The second-order valence-corrected chi connectivity index (χ2v) is 8.18. The van der Waals surface area contributed by atoms with E-state index in [1.54, 1.807) is 0 Å². The molecule has 23 heavy (non-hydrogen) atoms. The van der Waals surface area contributed by atoms with Gasteiger partial charge in [-0.1, -0.05) is 33.6 Å². The molecule has 3 heterocycles. The van der Waals surface area contributed by atoms with Crippen molar-refractivity contribution in [3.8, 4) is 0 Å². The number of hydrogen-bond acceptors (Lipinski definition) is 4. The van der Waals surface area contributed by atoms with Gasteiger partial charge in [-0.25, -0.2) is 0 Å². The van der Waals surface area contributed by atoms with Crippen LogP contribution in [0.3, 0.4) is 0 Å². The highest BCUT2D eigenvalue weighted by Gasteiger charge is 2.34. The number of rotatable bonds is 2. The van der Waals surface area contributed by atoms with Crippen LogP contribution in [-0.2, 0) is 5.41 Å². The lowest BCUT2D eigenvalue weighted by Crippen LogP contribution is -2.35. The van der Waals surface area contributed by atoms with Gasteiger partial charge >= 0.3 is 0 Å². The summed E-state index contributed by atoms with van der Waals surface area (Å²) in [6, 6.07) is 4.87. The summed E-state index contributed by atoms with van der Waals surface area (Å²) >= 11 is 0. The molecule has 2 aromatic rings. The quantitative estimate of drug-likeness (QED) is 0.850. The summed E-state index contributed by atoms with van der Waals surface area (Å²) in [4.78, 5) is 2.54. The van der Waals surface area contributed by atoms with Crippen LogP contribution in [0.25, 0.3) is 5.65 Å². The Morgan fingerprint density at radius 3 is 2.52 bits per heavy atom. The Morgan fingerprint density at radius 1 is 1.00 bits per heavy atom. The molecule has 5 heteroatoms. The molecule has 0 spiro atoms. The van der Waals surface area contributed by atoms with Crippen molar-refractivity contribution in [3.05, 3.63) is 18.0 Å². The van der Waals surface area contributed by atoms with E-state index in [1.807, 2.05) is 4.52 Å². The largest absolute Gasteiger partial charge is 0.352 e. The molecular formula is C18H27N5. The van der Waals surface area contributed by atoms with Crippen molar-refractivity contribution >= 4 is 11.5 Å². The molecule has 2 fully saturated rings. The van der Waals surface area contributed by atoms with Crippen LogP contribution >= 0.6 is 0 Å². The molecule has 1 aliphatic heterocycles. The van der Waals surface area contributed by atoms with Gasteiger partial charge in [0.2, 0.25) is 0 Å². The van der Waals surface area contributed by atoms with Gasteiger partial charge in [-0.3, -0.25) is 0 Å². The zero-order chi connectivity index (χ0) is 16.0. The first-order chi connectivity index (χ1) is 11.0. The summed E-state index contributed by atoms with van der Waals surface area (Å²) in [5, 5.41) is 13.6. The van der Waals surface area contributed by atoms with Gasteiger partial charge in [-0.05, 0) is 43.7 Å². The lowest BCUT2D eigenvalue weighted by molar-refractivity contribution is 0.428. The number of hydrogen-bond donors (Lipinski definition) is 0. The summed E-state index contributed by atoms with van der Waals surface area (Å²) in [5.74, 6) is 2.89. The van der Waals surface area contributed by atoms with E-state index in [9.17, 15) is 0 Å². The topological polar surface area (TPSA) is 46.3 Å². The van der Waals surface area contributed by atoms with Crippen LogP contribution in [0.4, 0.5) is 5.82 Å². The molecule has 0 amide bonds. The first kappa shape index (κ1) is 14.9. The Kier molecular flexibility index (Phi) is 3.54. The van der Waals surface area contributed by atoms with Gasteiger partial charge in [0, 0.05) is 18.0 Å². The number of aromatic nitrogens is 4. The number of anilines is 1. The summed E-state index contributed by atoms with van der Waals surface area (Å²) < 4.78 is 1.94. The molecule has 1 saturated carbocycles. The van der Waals surface area contributed by atoms with Crippen LogP contribution in [0, 0.1) is 5.92 Å². The summed E-state index contributed by atoms with van der Waals surface area (Å²) in [7, 11) is 0. The molecule has 1 saturated heterocycles. The molecule has 1 aliphatic carbocycles. The van der Waals surface area contributed by atoms with Crippen molar-refractivity contribution in [2.24, 2.45) is 5.92 Å². The highest BCUT2D eigenvalue weighted by Crippen LogP contribution is 2.37.